The molecule has 3 aliphatic carbocycles. The van der Waals surface area contributed by atoms with Crippen LogP contribution in [0.4, 0.5) is 19.0 Å². The molecular weight excluding hydrogens is 443 g/mol. The number of hydrogen-bond acceptors (Lipinski definition) is 4. The predicted octanol–water partition coefficient (Wildman–Crippen LogP) is 5.12. The van der Waals surface area contributed by atoms with Crippen molar-refractivity contribution in [1.29, 1.82) is 0 Å². The van der Waals surface area contributed by atoms with Gasteiger partial charge in [0, 0.05) is 17.3 Å². The minimum Gasteiger partial charge on any atom is -0.363 e. The number of alkyl halides is 3. The summed E-state index contributed by atoms with van der Waals surface area (Å²) in [5.74, 6) is 2.42. The Bertz CT molecular complexity index is 1320. The maximum atomic E-state index is 13.5. The van der Waals surface area contributed by atoms with E-state index in [0.29, 0.717) is 42.1 Å². The number of nitrogens with zero attached hydrogens (tertiary/aromatic N) is 4. The Hall–Kier alpha value is -3.10. The summed E-state index contributed by atoms with van der Waals surface area (Å²) in [7, 11) is 0. The van der Waals surface area contributed by atoms with Gasteiger partial charge in [0.15, 0.2) is 0 Å². The van der Waals surface area contributed by atoms with Gasteiger partial charge in [-0.15, -0.1) is 0 Å². The van der Waals surface area contributed by atoms with Crippen molar-refractivity contribution in [3.8, 4) is 0 Å². The molecule has 1 aliphatic heterocycles. The molecule has 178 valence electrons. The molecule has 1 aromatic carbocycles. The van der Waals surface area contributed by atoms with Gasteiger partial charge in [-0.05, 0) is 56.2 Å². The summed E-state index contributed by atoms with van der Waals surface area (Å²) in [6.07, 6.45) is -0.693. The summed E-state index contributed by atoms with van der Waals surface area (Å²) in [6, 6.07) is 4.91. The Morgan fingerprint density at radius 1 is 1.26 bits per heavy atom. The molecule has 4 aliphatic rings. The molecule has 2 atom stereocenters. The maximum Gasteiger partial charge on any atom is 0.416 e. The summed E-state index contributed by atoms with van der Waals surface area (Å²) in [5, 5.41) is 3.31. The molecule has 7 rings (SSSR count). The van der Waals surface area contributed by atoms with Gasteiger partial charge in [0.2, 0.25) is 11.7 Å². The number of carbonyl (C=O) groups excluding carboxylic acids is 1. The topological polar surface area (TPSA) is 62.5 Å². The number of anilines is 1. The predicted molar refractivity (Wildman–Crippen MR) is 120 cm³/mol. The van der Waals surface area contributed by atoms with E-state index < -0.39 is 17.8 Å². The number of fused-ring (bicyclic) bond motifs is 3. The van der Waals surface area contributed by atoms with Crippen molar-refractivity contribution in [2.75, 3.05) is 5.32 Å². The number of benzene rings is 1. The second-order valence-electron chi connectivity index (χ2n) is 10.2. The molecule has 34 heavy (non-hydrogen) atoms. The van der Waals surface area contributed by atoms with Gasteiger partial charge in [0.25, 0.3) is 0 Å². The summed E-state index contributed by atoms with van der Waals surface area (Å²) in [4.78, 5) is 24.5. The molecule has 1 N–H and O–H groups in total. The molecule has 0 spiro atoms. The number of nitrogens with one attached hydrogen (secondary N) is 1. The average Bonchev–Trinajstić information content (AvgIpc) is 3.36. The van der Waals surface area contributed by atoms with Crippen LogP contribution in [0.3, 0.4) is 0 Å². The standard InChI is InChI=1S/C25H26F3N5O/c1-13-10-29-23-31-21(30-15(3)16-5-4-6-18(7-16)25(26,27)28)19-11-32(12-20(19)33(13)23)22(34)24-8-17(9-24)14(24)2/h4-7,10,14-15,17H,8-9,11-12H2,1-3H3,(H,29,30,31)/t14-,15?,17?,24?/m0/s1. The number of amides is 1. The molecule has 1 amide bonds. The molecule has 3 heterocycles. The van der Waals surface area contributed by atoms with Crippen LogP contribution in [0.25, 0.3) is 5.78 Å². The summed E-state index contributed by atoms with van der Waals surface area (Å²) in [5.41, 5.74) is 2.43. The Morgan fingerprint density at radius 2 is 2.03 bits per heavy atom. The number of aromatic nitrogens is 3. The van der Waals surface area contributed by atoms with Gasteiger partial charge >= 0.3 is 6.18 Å². The highest BCUT2D eigenvalue weighted by Crippen LogP contribution is 2.69. The lowest BCUT2D eigenvalue weighted by Gasteiger charge is -2.66. The number of aryl methyl sites for hydroxylation is 1. The van der Waals surface area contributed by atoms with Crippen LogP contribution in [-0.2, 0) is 24.1 Å². The second-order valence-corrected chi connectivity index (χ2v) is 10.2. The molecule has 6 nitrogen and oxygen atoms in total. The normalized spacial score (nSPS) is 26.1. The first-order valence-corrected chi connectivity index (χ1v) is 11.7. The highest BCUT2D eigenvalue weighted by Gasteiger charge is 2.68. The zero-order valence-corrected chi connectivity index (χ0v) is 19.3. The number of hydrogen-bond donors (Lipinski definition) is 1. The fourth-order valence-corrected chi connectivity index (χ4v) is 5.99. The average molecular weight is 470 g/mol. The van der Waals surface area contributed by atoms with Crippen LogP contribution >= 0.6 is 0 Å². The van der Waals surface area contributed by atoms with Crippen LogP contribution in [0.1, 0.15) is 60.8 Å². The maximum absolute atomic E-state index is 13.5. The zero-order chi connectivity index (χ0) is 24.0. The van der Waals surface area contributed by atoms with Crippen molar-refractivity contribution >= 4 is 17.5 Å². The molecule has 0 saturated heterocycles. The van der Waals surface area contributed by atoms with E-state index in [0.717, 1.165) is 41.9 Å². The van der Waals surface area contributed by atoms with Crippen LogP contribution in [0.2, 0.25) is 0 Å². The van der Waals surface area contributed by atoms with E-state index in [-0.39, 0.29) is 11.3 Å². The largest absolute Gasteiger partial charge is 0.416 e. The molecule has 3 fully saturated rings. The number of imidazole rings is 1. The van der Waals surface area contributed by atoms with Crippen molar-refractivity contribution < 1.29 is 18.0 Å². The van der Waals surface area contributed by atoms with Crippen LogP contribution in [0.5, 0.6) is 0 Å². The Kier molecular flexibility index (Phi) is 4.39. The van der Waals surface area contributed by atoms with Crippen LogP contribution < -0.4 is 5.32 Å². The highest BCUT2D eigenvalue weighted by atomic mass is 19.4. The lowest BCUT2D eigenvalue weighted by atomic mass is 9.37. The monoisotopic (exact) mass is 469 g/mol. The van der Waals surface area contributed by atoms with Crippen molar-refractivity contribution in [1.82, 2.24) is 19.3 Å². The minimum absolute atomic E-state index is 0.206. The van der Waals surface area contributed by atoms with Gasteiger partial charge in [-0.3, -0.25) is 9.20 Å². The fourth-order valence-electron chi connectivity index (χ4n) is 5.99. The lowest BCUT2D eigenvalue weighted by Crippen LogP contribution is -2.66. The van der Waals surface area contributed by atoms with Gasteiger partial charge in [-0.25, -0.2) is 4.98 Å². The Labute approximate surface area is 195 Å². The first kappa shape index (κ1) is 21.4. The molecule has 1 unspecified atom stereocenters. The molecule has 2 aromatic heterocycles. The molecule has 3 saturated carbocycles. The smallest absolute Gasteiger partial charge is 0.363 e. The third-order valence-electron chi connectivity index (χ3n) is 8.34. The third-order valence-corrected chi connectivity index (χ3v) is 8.34. The number of carbonyl (C=O) groups is 1. The Morgan fingerprint density at radius 3 is 2.68 bits per heavy atom. The van der Waals surface area contributed by atoms with Gasteiger partial charge in [-0.1, -0.05) is 19.1 Å². The first-order chi connectivity index (χ1) is 16.1. The number of halogens is 3. The summed E-state index contributed by atoms with van der Waals surface area (Å²) >= 11 is 0. The van der Waals surface area contributed by atoms with Crippen molar-refractivity contribution in [2.24, 2.45) is 17.3 Å². The van der Waals surface area contributed by atoms with Gasteiger partial charge in [0.05, 0.1) is 36.0 Å². The van der Waals surface area contributed by atoms with E-state index in [1.165, 1.54) is 6.07 Å². The molecule has 2 bridgehead atoms. The molecule has 9 heteroatoms. The van der Waals surface area contributed by atoms with Crippen molar-refractivity contribution in [3.63, 3.8) is 0 Å². The fraction of sp³-hybridized carbons (Fsp3) is 0.480. The van der Waals surface area contributed by atoms with E-state index in [1.807, 2.05) is 23.1 Å². The highest BCUT2D eigenvalue weighted by molar-refractivity contribution is 5.87. The van der Waals surface area contributed by atoms with E-state index in [1.54, 1.807) is 12.3 Å². The molecule has 0 radical (unpaired) electrons. The summed E-state index contributed by atoms with van der Waals surface area (Å²) < 4.78 is 41.6. The van der Waals surface area contributed by atoms with Crippen LogP contribution in [0, 0.1) is 24.2 Å². The van der Waals surface area contributed by atoms with Crippen LogP contribution in [0.15, 0.2) is 30.5 Å². The molecule has 3 aromatic rings. The van der Waals surface area contributed by atoms with Crippen molar-refractivity contribution in [3.05, 3.63) is 58.5 Å². The van der Waals surface area contributed by atoms with E-state index in [2.05, 4.69) is 17.2 Å². The number of rotatable bonds is 4. The Balaban J connectivity index is 1.34. The minimum atomic E-state index is -4.40. The second kappa shape index (κ2) is 6.96. The van der Waals surface area contributed by atoms with E-state index >= 15 is 0 Å². The summed E-state index contributed by atoms with van der Waals surface area (Å²) in [6.45, 7) is 6.85. The van der Waals surface area contributed by atoms with Crippen LogP contribution in [-0.4, -0.2) is 25.2 Å². The zero-order valence-electron chi connectivity index (χ0n) is 19.3. The molecular formula is C25H26F3N5O. The van der Waals surface area contributed by atoms with E-state index in [4.69, 9.17) is 4.98 Å². The van der Waals surface area contributed by atoms with Gasteiger partial charge < -0.3 is 10.2 Å². The third kappa shape index (κ3) is 2.91. The SMILES string of the molecule is Cc1cnc2nc(NC(C)c3cccc(C(F)(F)F)c3)c3c(n12)CN(C(=O)C12CC(C1)[C@@H]2C)C3. The lowest BCUT2D eigenvalue weighted by molar-refractivity contribution is -0.205. The van der Waals surface area contributed by atoms with Gasteiger partial charge in [0.1, 0.15) is 5.82 Å². The van der Waals surface area contributed by atoms with Crippen molar-refractivity contribution in [2.45, 2.75) is 58.9 Å². The van der Waals surface area contributed by atoms with Gasteiger partial charge in [-0.2, -0.15) is 18.2 Å². The quantitative estimate of drug-likeness (QED) is 0.576. The van der Waals surface area contributed by atoms with E-state index in [9.17, 15) is 18.0 Å². The first-order valence-electron chi connectivity index (χ1n) is 11.7.